The van der Waals surface area contributed by atoms with E-state index in [2.05, 4.69) is 20.1 Å². The first-order valence-corrected chi connectivity index (χ1v) is 13.0. The van der Waals surface area contributed by atoms with E-state index in [1.165, 1.54) is 17.4 Å². The molecule has 0 aliphatic carbocycles. The zero-order valence-corrected chi connectivity index (χ0v) is 21.7. The van der Waals surface area contributed by atoms with Crippen LogP contribution in [0, 0.1) is 11.6 Å². The molecule has 37 heavy (non-hydrogen) atoms. The number of benzene rings is 3. The summed E-state index contributed by atoms with van der Waals surface area (Å²) in [6.07, 6.45) is -0.527. The highest BCUT2D eigenvalue weighted by Gasteiger charge is 2.29. The topological polar surface area (TPSA) is 57.7 Å². The summed E-state index contributed by atoms with van der Waals surface area (Å²) in [6, 6.07) is 17.0. The van der Waals surface area contributed by atoms with E-state index in [0.717, 1.165) is 29.4 Å². The third kappa shape index (κ3) is 5.75. The number of thiazole rings is 1. The van der Waals surface area contributed by atoms with Gasteiger partial charge in [0, 0.05) is 31.2 Å². The van der Waals surface area contributed by atoms with Gasteiger partial charge in [-0.05, 0) is 42.9 Å². The largest absolute Gasteiger partial charge is 0.483 e. The van der Waals surface area contributed by atoms with Gasteiger partial charge in [-0.3, -0.25) is 9.69 Å². The van der Waals surface area contributed by atoms with Crippen molar-refractivity contribution in [3.8, 4) is 5.75 Å². The van der Waals surface area contributed by atoms with Crippen molar-refractivity contribution >= 4 is 39.1 Å². The molecule has 1 unspecified atom stereocenters. The first kappa shape index (κ1) is 25.5. The lowest BCUT2D eigenvalue weighted by atomic mass is 10.1. The van der Waals surface area contributed by atoms with E-state index in [1.54, 1.807) is 12.1 Å². The van der Waals surface area contributed by atoms with Gasteiger partial charge in [-0.1, -0.05) is 41.9 Å². The maximum atomic E-state index is 15.4. The van der Waals surface area contributed by atoms with Crippen LogP contribution in [0.15, 0.2) is 60.7 Å². The van der Waals surface area contributed by atoms with Gasteiger partial charge in [0.1, 0.15) is 29.2 Å². The molecule has 2 heterocycles. The molecule has 1 amide bonds. The van der Waals surface area contributed by atoms with Gasteiger partial charge in [-0.2, -0.15) is 0 Å². The molecular weight excluding hydrogens is 518 g/mol. The second kappa shape index (κ2) is 11.1. The van der Waals surface area contributed by atoms with Gasteiger partial charge in [0.15, 0.2) is 11.6 Å². The average Bonchev–Trinajstić information content (AvgIpc) is 3.30. The summed E-state index contributed by atoms with van der Waals surface area (Å²) < 4.78 is 36.7. The fourth-order valence-electron chi connectivity index (χ4n) is 4.30. The van der Waals surface area contributed by atoms with Crippen LogP contribution in [0.3, 0.4) is 0 Å². The van der Waals surface area contributed by atoms with Crippen LogP contribution < -0.4 is 10.1 Å². The normalized spacial score (nSPS) is 15.6. The van der Waals surface area contributed by atoms with E-state index in [9.17, 15) is 9.18 Å². The van der Waals surface area contributed by atoms with Crippen molar-refractivity contribution in [1.29, 1.82) is 0 Å². The molecule has 5 rings (SSSR count). The summed E-state index contributed by atoms with van der Waals surface area (Å²) >= 11 is 7.41. The Morgan fingerprint density at radius 3 is 2.62 bits per heavy atom. The molecule has 1 aliphatic rings. The highest BCUT2D eigenvalue weighted by Crippen LogP contribution is 2.29. The van der Waals surface area contributed by atoms with Gasteiger partial charge in [-0.25, -0.2) is 13.8 Å². The minimum absolute atomic E-state index is 0.0332. The zero-order valence-electron chi connectivity index (χ0n) is 20.1. The summed E-state index contributed by atoms with van der Waals surface area (Å²) in [4.78, 5) is 22.0. The Balaban J connectivity index is 1.36. The number of nitrogens with zero attached hydrogens (tertiary/aromatic N) is 3. The van der Waals surface area contributed by atoms with Crippen molar-refractivity contribution in [2.24, 2.45) is 0 Å². The van der Waals surface area contributed by atoms with Crippen molar-refractivity contribution in [2.75, 3.05) is 33.2 Å². The third-order valence-electron chi connectivity index (χ3n) is 6.31. The summed E-state index contributed by atoms with van der Waals surface area (Å²) in [5.74, 6) is -3.07. The Morgan fingerprint density at radius 2 is 1.86 bits per heavy atom. The Morgan fingerprint density at radius 1 is 1.11 bits per heavy atom. The quantitative estimate of drug-likeness (QED) is 0.335. The predicted octanol–water partition coefficient (Wildman–Crippen LogP) is 5.48. The number of piperazine rings is 1. The van der Waals surface area contributed by atoms with Crippen LogP contribution in [0.4, 0.5) is 8.78 Å². The van der Waals surface area contributed by atoms with Crippen molar-refractivity contribution in [3.05, 3.63) is 93.5 Å². The Bertz CT molecular complexity index is 1410. The molecule has 1 aliphatic heterocycles. The SMILES string of the molecule is CN1CCN(C(NC(=O)c2c(F)ccc(OCc3nc4cc(Cl)ccc4s3)c2F)c2ccccc2)CC1. The second-order valence-electron chi connectivity index (χ2n) is 8.87. The molecule has 1 atom stereocenters. The van der Waals surface area contributed by atoms with Gasteiger partial charge in [0.25, 0.3) is 5.91 Å². The van der Waals surface area contributed by atoms with Crippen LogP contribution in [0.1, 0.15) is 27.1 Å². The van der Waals surface area contributed by atoms with Crippen molar-refractivity contribution in [3.63, 3.8) is 0 Å². The predicted molar refractivity (Wildman–Crippen MR) is 141 cm³/mol. The van der Waals surface area contributed by atoms with E-state index in [4.69, 9.17) is 16.3 Å². The number of likely N-dealkylation sites (N-methyl/N-ethyl adjacent to an activating group) is 1. The fourth-order valence-corrected chi connectivity index (χ4v) is 5.33. The maximum Gasteiger partial charge on any atom is 0.258 e. The number of hydrogen-bond acceptors (Lipinski definition) is 6. The molecule has 1 fully saturated rings. The number of hydrogen-bond donors (Lipinski definition) is 1. The molecule has 0 spiro atoms. The minimum atomic E-state index is -1.05. The van der Waals surface area contributed by atoms with E-state index in [0.29, 0.717) is 28.6 Å². The summed E-state index contributed by atoms with van der Waals surface area (Å²) in [5.41, 5.74) is 0.875. The number of nitrogens with one attached hydrogen (secondary N) is 1. The van der Waals surface area contributed by atoms with Crippen molar-refractivity contribution < 1.29 is 18.3 Å². The van der Waals surface area contributed by atoms with Crippen LogP contribution in [0.25, 0.3) is 10.2 Å². The lowest BCUT2D eigenvalue weighted by Gasteiger charge is -2.38. The van der Waals surface area contributed by atoms with Crippen molar-refractivity contribution in [1.82, 2.24) is 20.1 Å². The molecule has 0 saturated carbocycles. The summed E-state index contributed by atoms with van der Waals surface area (Å²) in [7, 11) is 2.03. The van der Waals surface area contributed by atoms with Gasteiger partial charge >= 0.3 is 0 Å². The molecule has 0 radical (unpaired) electrons. The standard InChI is InChI=1S/C27H25ClF2N4O2S/c1-33-11-13-34(14-12-33)26(17-5-3-2-4-6-17)32-27(35)24-19(29)8-9-21(25(24)30)36-16-23-31-20-15-18(28)7-10-22(20)37-23/h2-10,15,26H,11-14,16H2,1H3,(H,32,35). The Hall–Kier alpha value is -3.11. The lowest BCUT2D eigenvalue weighted by molar-refractivity contribution is 0.0712. The van der Waals surface area contributed by atoms with Crippen LogP contribution in [0.5, 0.6) is 5.75 Å². The minimum Gasteiger partial charge on any atom is -0.483 e. The van der Waals surface area contributed by atoms with E-state index >= 15 is 4.39 Å². The molecule has 10 heteroatoms. The van der Waals surface area contributed by atoms with Crippen LogP contribution in [-0.2, 0) is 6.61 Å². The Labute approximate surface area is 222 Å². The molecule has 4 aromatic rings. The molecule has 6 nitrogen and oxygen atoms in total. The number of carbonyl (C=O) groups excluding carboxylic acids is 1. The van der Waals surface area contributed by atoms with E-state index < -0.39 is 29.3 Å². The number of halogens is 3. The number of amides is 1. The monoisotopic (exact) mass is 542 g/mol. The first-order chi connectivity index (χ1) is 17.9. The molecule has 1 N–H and O–H groups in total. The number of aromatic nitrogens is 1. The van der Waals surface area contributed by atoms with Gasteiger partial charge in [-0.15, -0.1) is 11.3 Å². The number of carbonyl (C=O) groups is 1. The van der Waals surface area contributed by atoms with Gasteiger partial charge < -0.3 is 15.0 Å². The van der Waals surface area contributed by atoms with Crippen LogP contribution >= 0.6 is 22.9 Å². The zero-order chi connectivity index (χ0) is 25.9. The Kier molecular flexibility index (Phi) is 7.66. The highest BCUT2D eigenvalue weighted by molar-refractivity contribution is 7.18. The average molecular weight is 543 g/mol. The highest BCUT2D eigenvalue weighted by atomic mass is 35.5. The van der Waals surface area contributed by atoms with E-state index in [-0.39, 0.29) is 12.4 Å². The fraction of sp³-hybridized carbons (Fsp3) is 0.259. The van der Waals surface area contributed by atoms with Crippen molar-refractivity contribution in [2.45, 2.75) is 12.8 Å². The summed E-state index contributed by atoms with van der Waals surface area (Å²) in [5, 5.41) is 4.02. The summed E-state index contributed by atoms with van der Waals surface area (Å²) in [6.45, 7) is 3.02. The van der Waals surface area contributed by atoms with Crippen LogP contribution in [-0.4, -0.2) is 53.9 Å². The molecule has 192 valence electrons. The number of fused-ring (bicyclic) bond motifs is 1. The van der Waals surface area contributed by atoms with E-state index in [1.807, 2.05) is 43.4 Å². The molecule has 1 saturated heterocycles. The smallest absolute Gasteiger partial charge is 0.258 e. The number of ether oxygens (including phenoxy) is 1. The first-order valence-electron chi connectivity index (χ1n) is 11.8. The lowest BCUT2D eigenvalue weighted by Crippen LogP contribution is -2.50. The van der Waals surface area contributed by atoms with Gasteiger partial charge in [0.05, 0.1) is 10.2 Å². The third-order valence-corrected chi connectivity index (χ3v) is 7.56. The number of rotatable bonds is 7. The molecule has 3 aromatic carbocycles. The second-order valence-corrected chi connectivity index (χ2v) is 10.4. The maximum absolute atomic E-state index is 15.4. The molecule has 1 aromatic heterocycles. The molecular formula is C27H25ClF2N4O2S. The van der Waals surface area contributed by atoms with Gasteiger partial charge in [0.2, 0.25) is 0 Å². The van der Waals surface area contributed by atoms with Crippen LogP contribution in [0.2, 0.25) is 5.02 Å². The molecule has 0 bridgehead atoms.